The molecule has 0 radical (unpaired) electrons. The number of benzene rings is 2. The van der Waals surface area contributed by atoms with Gasteiger partial charge in [0.25, 0.3) is 5.91 Å². The van der Waals surface area contributed by atoms with Gasteiger partial charge < -0.3 is 15.2 Å². The molecule has 4 rings (SSSR count). The molecule has 2 aromatic carbocycles. The highest BCUT2D eigenvalue weighted by atomic mass is 16.5. The third-order valence-electron chi connectivity index (χ3n) is 5.61. The smallest absolute Gasteiger partial charge is 0.412 e. The van der Waals surface area contributed by atoms with Crippen LogP contribution in [0.15, 0.2) is 54.7 Å². The molecule has 0 bridgehead atoms. The van der Waals surface area contributed by atoms with E-state index in [-0.39, 0.29) is 30.3 Å². The van der Waals surface area contributed by atoms with Crippen molar-refractivity contribution in [1.82, 2.24) is 15.1 Å². The number of nitrogens with one attached hydrogen (secondary N) is 2. The average Bonchev–Trinajstić information content (AvgIpc) is 3.29. The van der Waals surface area contributed by atoms with Crippen molar-refractivity contribution in [2.45, 2.75) is 25.3 Å². The Labute approximate surface area is 190 Å². The SMILES string of the molecule is C[C@H](CC(=O)O)NC(=O)c1cnn(C)c1NC(=O)OCC1c2ccccc2-c2ccccc21. The van der Waals surface area contributed by atoms with Gasteiger partial charge in [-0.25, -0.2) is 4.79 Å². The fraction of sp³-hybridized carbons (Fsp3) is 0.250. The summed E-state index contributed by atoms with van der Waals surface area (Å²) in [6, 6.07) is 15.5. The van der Waals surface area contributed by atoms with Gasteiger partial charge in [-0.2, -0.15) is 5.10 Å². The molecule has 9 nitrogen and oxygen atoms in total. The first kappa shape index (κ1) is 22.1. The number of carboxylic acids is 1. The number of nitrogens with zero attached hydrogens (tertiary/aromatic N) is 2. The highest BCUT2D eigenvalue weighted by Gasteiger charge is 2.29. The van der Waals surface area contributed by atoms with Crippen molar-refractivity contribution in [3.05, 3.63) is 71.4 Å². The largest absolute Gasteiger partial charge is 0.481 e. The van der Waals surface area contributed by atoms with Crippen LogP contribution in [0.5, 0.6) is 0 Å². The van der Waals surface area contributed by atoms with Gasteiger partial charge in [-0.05, 0) is 29.2 Å². The van der Waals surface area contributed by atoms with E-state index in [9.17, 15) is 14.4 Å². The summed E-state index contributed by atoms with van der Waals surface area (Å²) >= 11 is 0. The first-order valence-corrected chi connectivity index (χ1v) is 10.5. The monoisotopic (exact) mass is 448 g/mol. The van der Waals surface area contributed by atoms with E-state index >= 15 is 0 Å². The van der Waals surface area contributed by atoms with Gasteiger partial charge >= 0.3 is 12.1 Å². The van der Waals surface area contributed by atoms with Crippen LogP contribution >= 0.6 is 0 Å². The number of hydrogen-bond donors (Lipinski definition) is 3. The van der Waals surface area contributed by atoms with E-state index < -0.39 is 24.0 Å². The number of rotatable bonds is 7. The van der Waals surface area contributed by atoms with Crippen molar-refractivity contribution in [1.29, 1.82) is 0 Å². The van der Waals surface area contributed by atoms with Crippen molar-refractivity contribution in [3.63, 3.8) is 0 Å². The molecule has 9 heteroatoms. The fourth-order valence-corrected chi connectivity index (χ4v) is 4.10. The van der Waals surface area contributed by atoms with E-state index in [2.05, 4.69) is 27.9 Å². The molecule has 1 aliphatic carbocycles. The van der Waals surface area contributed by atoms with Crippen LogP contribution in [0.4, 0.5) is 10.6 Å². The Morgan fingerprint density at radius 1 is 1.09 bits per heavy atom. The third-order valence-corrected chi connectivity index (χ3v) is 5.61. The number of hydrogen-bond acceptors (Lipinski definition) is 5. The van der Waals surface area contributed by atoms with Crippen molar-refractivity contribution < 1.29 is 24.2 Å². The summed E-state index contributed by atoms with van der Waals surface area (Å²) in [7, 11) is 1.58. The molecule has 0 unspecified atom stereocenters. The Morgan fingerprint density at radius 2 is 1.70 bits per heavy atom. The molecular weight excluding hydrogens is 424 g/mol. The van der Waals surface area contributed by atoms with Crippen LogP contribution in [0.25, 0.3) is 11.1 Å². The molecule has 3 aromatic rings. The zero-order chi connectivity index (χ0) is 23.5. The Balaban J connectivity index is 1.44. The quantitative estimate of drug-likeness (QED) is 0.509. The molecule has 0 saturated heterocycles. The van der Waals surface area contributed by atoms with Crippen LogP contribution in [-0.2, 0) is 16.6 Å². The average molecular weight is 448 g/mol. The molecule has 0 saturated carbocycles. The number of aliphatic carboxylic acids is 1. The molecule has 0 aliphatic heterocycles. The summed E-state index contributed by atoms with van der Waals surface area (Å²) < 4.78 is 6.88. The Hall–Kier alpha value is -4.14. The Kier molecular flexibility index (Phi) is 6.12. The van der Waals surface area contributed by atoms with Crippen molar-refractivity contribution in [2.24, 2.45) is 7.05 Å². The summed E-state index contributed by atoms with van der Waals surface area (Å²) in [6.07, 6.45) is 0.372. The standard InChI is InChI=1S/C24H24N4O5/c1-14(11-21(29)30)26-23(31)19-12-25-28(2)22(19)27-24(32)33-13-20-17-9-5-3-7-15(17)16-8-4-6-10-18(16)20/h3-10,12,14,20H,11,13H2,1-2H3,(H,26,31)(H,27,32)(H,29,30)/t14-/m1/s1. The number of fused-ring (bicyclic) bond motifs is 3. The normalized spacial score (nSPS) is 13.0. The molecule has 0 spiro atoms. The van der Waals surface area contributed by atoms with Gasteiger partial charge in [0.15, 0.2) is 0 Å². The number of amides is 2. The van der Waals surface area contributed by atoms with E-state index in [4.69, 9.17) is 9.84 Å². The molecule has 1 heterocycles. The molecule has 3 N–H and O–H groups in total. The van der Waals surface area contributed by atoms with Gasteiger partial charge in [0.05, 0.1) is 12.6 Å². The van der Waals surface area contributed by atoms with Gasteiger partial charge in [-0.15, -0.1) is 0 Å². The maximum atomic E-state index is 12.6. The summed E-state index contributed by atoms with van der Waals surface area (Å²) in [6.45, 7) is 1.72. The van der Waals surface area contributed by atoms with Crippen molar-refractivity contribution in [2.75, 3.05) is 11.9 Å². The molecule has 1 atom stereocenters. The molecular formula is C24H24N4O5. The zero-order valence-electron chi connectivity index (χ0n) is 18.2. The second kappa shape index (κ2) is 9.15. The lowest BCUT2D eigenvalue weighted by Gasteiger charge is -2.15. The predicted octanol–water partition coefficient (Wildman–Crippen LogP) is 3.37. The number of aryl methyl sites for hydroxylation is 1. The molecule has 33 heavy (non-hydrogen) atoms. The minimum atomic E-state index is -1.02. The van der Waals surface area contributed by atoms with Crippen molar-refractivity contribution >= 4 is 23.8 Å². The summed E-state index contributed by atoms with van der Waals surface area (Å²) in [4.78, 5) is 36.0. The first-order valence-electron chi connectivity index (χ1n) is 10.5. The number of carbonyl (C=O) groups is 3. The lowest BCUT2D eigenvalue weighted by Crippen LogP contribution is -2.34. The maximum Gasteiger partial charge on any atom is 0.412 e. The van der Waals surface area contributed by atoms with Crippen molar-refractivity contribution in [3.8, 4) is 11.1 Å². The van der Waals surface area contributed by atoms with E-state index in [1.807, 2.05) is 36.4 Å². The van der Waals surface area contributed by atoms with Crippen LogP contribution in [0.2, 0.25) is 0 Å². The van der Waals surface area contributed by atoms with E-state index in [0.717, 1.165) is 22.3 Å². The minimum absolute atomic E-state index is 0.0886. The summed E-state index contributed by atoms with van der Waals surface area (Å²) in [5, 5.41) is 18.1. The highest BCUT2D eigenvalue weighted by Crippen LogP contribution is 2.44. The van der Waals surface area contributed by atoms with Gasteiger partial charge in [0, 0.05) is 19.0 Å². The first-order chi connectivity index (χ1) is 15.8. The highest BCUT2D eigenvalue weighted by molar-refractivity contribution is 6.01. The lowest BCUT2D eigenvalue weighted by atomic mass is 9.98. The minimum Gasteiger partial charge on any atom is -0.481 e. The van der Waals surface area contributed by atoms with E-state index in [0.29, 0.717) is 0 Å². The van der Waals surface area contributed by atoms with Crippen LogP contribution < -0.4 is 10.6 Å². The lowest BCUT2D eigenvalue weighted by molar-refractivity contribution is -0.137. The van der Waals surface area contributed by atoms with Gasteiger partial charge in [-0.3, -0.25) is 19.6 Å². The Bertz CT molecular complexity index is 1170. The fourth-order valence-electron chi connectivity index (χ4n) is 4.10. The molecule has 0 fully saturated rings. The molecule has 2 amide bonds. The third kappa shape index (κ3) is 4.57. The second-order valence-electron chi connectivity index (χ2n) is 7.95. The predicted molar refractivity (Wildman–Crippen MR) is 121 cm³/mol. The number of carboxylic acid groups (broad SMARTS) is 1. The van der Waals surface area contributed by atoms with E-state index in [1.165, 1.54) is 10.9 Å². The second-order valence-corrected chi connectivity index (χ2v) is 7.95. The van der Waals surface area contributed by atoms with Crippen LogP contribution in [-0.4, -0.2) is 45.5 Å². The van der Waals surface area contributed by atoms with Gasteiger partial charge in [-0.1, -0.05) is 48.5 Å². The number of anilines is 1. The zero-order valence-corrected chi connectivity index (χ0v) is 18.2. The van der Waals surface area contributed by atoms with Gasteiger partial charge in [0.2, 0.25) is 0 Å². The van der Waals surface area contributed by atoms with Crippen LogP contribution in [0.1, 0.15) is 40.7 Å². The molecule has 1 aliphatic rings. The van der Waals surface area contributed by atoms with Crippen LogP contribution in [0, 0.1) is 0 Å². The number of carbonyl (C=O) groups excluding carboxylic acids is 2. The molecule has 170 valence electrons. The number of ether oxygens (including phenoxy) is 1. The Morgan fingerprint density at radius 3 is 2.30 bits per heavy atom. The summed E-state index contributed by atoms with van der Waals surface area (Å²) in [5.74, 6) is -1.49. The van der Waals surface area contributed by atoms with Gasteiger partial charge in [0.1, 0.15) is 18.0 Å². The van der Waals surface area contributed by atoms with E-state index in [1.54, 1.807) is 14.0 Å². The topological polar surface area (TPSA) is 123 Å². The van der Waals surface area contributed by atoms with Crippen LogP contribution in [0.3, 0.4) is 0 Å². The molecule has 1 aromatic heterocycles. The maximum absolute atomic E-state index is 12.6. The summed E-state index contributed by atoms with van der Waals surface area (Å²) in [5.41, 5.74) is 4.56. The number of aromatic nitrogens is 2.